The number of benzene rings is 5. The summed E-state index contributed by atoms with van der Waals surface area (Å²) < 4.78 is 15.4. The molecule has 49 heavy (non-hydrogen) atoms. The number of furan rings is 2. The molecule has 0 saturated carbocycles. The second-order valence-corrected chi connectivity index (χ2v) is 13.3. The third kappa shape index (κ3) is 4.39. The quantitative estimate of drug-likeness (QED) is 0.188. The van der Waals surface area contributed by atoms with Gasteiger partial charge in [0.05, 0.1) is 22.3 Å². The first kappa shape index (κ1) is 29.0. The van der Waals surface area contributed by atoms with Crippen LogP contribution in [0.15, 0.2) is 118 Å². The highest BCUT2D eigenvalue weighted by atomic mass is 16.4. The van der Waals surface area contributed by atoms with Crippen molar-refractivity contribution in [1.82, 2.24) is 14.5 Å². The fraction of sp³-hybridized carbons (Fsp3) is 0.140. The van der Waals surface area contributed by atoms with Gasteiger partial charge in [-0.25, -0.2) is 9.97 Å². The summed E-state index contributed by atoms with van der Waals surface area (Å²) in [7, 11) is 0. The molecule has 0 bridgehead atoms. The summed E-state index contributed by atoms with van der Waals surface area (Å²) in [5.74, 6) is 1.33. The molecule has 0 saturated heterocycles. The molecule has 0 aliphatic carbocycles. The van der Waals surface area contributed by atoms with Gasteiger partial charge in [0.25, 0.3) is 0 Å². The van der Waals surface area contributed by atoms with Gasteiger partial charge in [-0.3, -0.25) is 4.57 Å². The van der Waals surface area contributed by atoms with Gasteiger partial charge >= 0.3 is 0 Å². The fourth-order valence-electron chi connectivity index (χ4n) is 7.26. The van der Waals surface area contributed by atoms with E-state index in [1.54, 1.807) is 6.07 Å². The fourth-order valence-corrected chi connectivity index (χ4v) is 7.26. The lowest BCUT2D eigenvalue weighted by Gasteiger charge is -2.24. The Bertz CT molecular complexity index is 2760. The first-order chi connectivity index (χ1) is 23.9. The van der Waals surface area contributed by atoms with Gasteiger partial charge in [0.15, 0.2) is 11.2 Å². The van der Waals surface area contributed by atoms with E-state index in [1.807, 2.05) is 18.2 Å². The molecule has 6 heteroatoms. The summed E-state index contributed by atoms with van der Waals surface area (Å²) in [6.45, 7) is 9.07. The van der Waals surface area contributed by atoms with Gasteiger partial charge in [-0.1, -0.05) is 82.3 Å². The Hall–Kier alpha value is -6.19. The van der Waals surface area contributed by atoms with E-state index in [2.05, 4.69) is 128 Å². The predicted octanol–water partition coefficient (Wildman–Crippen LogP) is 11.7. The van der Waals surface area contributed by atoms with E-state index in [9.17, 15) is 5.26 Å². The van der Waals surface area contributed by atoms with E-state index >= 15 is 0 Å². The lowest BCUT2D eigenvalue weighted by atomic mass is 9.88. The van der Waals surface area contributed by atoms with Crippen LogP contribution < -0.4 is 0 Å². The van der Waals surface area contributed by atoms with Crippen molar-refractivity contribution in [2.75, 3.05) is 0 Å². The topological polar surface area (TPSA) is 80.8 Å². The van der Waals surface area contributed by atoms with Crippen molar-refractivity contribution in [3.63, 3.8) is 0 Å². The van der Waals surface area contributed by atoms with Gasteiger partial charge < -0.3 is 8.83 Å². The molecule has 0 unspecified atom stereocenters. The summed E-state index contributed by atoms with van der Waals surface area (Å²) in [6, 6.07) is 39.8. The minimum Gasteiger partial charge on any atom is -0.451 e. The number of fused-ring (bicyclic) bond motifs is 8. The number of pyridine rings is 1. The van der Waals surface area contributed by atoms with E-state index in [0.29, 0.717) is 22.6 Å². The maximum Gasteiger partial charge on any atom is 0.228 e. The summed E-state index contributed by atoms with van der Waals surface area (Å²) in [5, 5.41) is 13.1. The maximum atomic E-state index is 9.41. The Morgan fingerprint density at radius 1 is 0.612 bits per heavy atom. The van der Waals surface area contributed by atoms with Crippen LogP contribution in [0.4, 0.5) is 0 Å². The molecule has 6 nitrogen and oxygen atoms in total. The van der Waals surface area contributed by atoms with Gasteiger partial charge in [0.2, 0.25) is 5.71 Å². The molecule has 0 fully saturated rings. The maximum absolute atomic E-state index is 9.41. The number of aromatic nitrogens is 3. The predicted molar refractivity (Wildman–Crippen MR) is 197 cm³/mol. The zero-order chi connectivity index (χ0) is 33.4. The Labute approximate surface area is 282 Å². The first-order valence-corrected chi connectivity index (χ1v) is 16.7. The number of hydrogen-bond donors (Lipinski definition) is 0. The molecule has 0 amide bonds. The van der Waals surface area contributed by atoms with Crippen LogP contribution in [0.3, 0.4) is 0 Å². The summed E-state index contributed by atoms with van der Waals surface area (Å²) >= 11 is 0. The smallest absolute Gasteiger partial charge is 0.228 e. The highest BCUT2D eigenvalue weighted by Crippen LogP contribution is 2.44. The minimum atomic E-state index is 0.253. The second-order valence-electron chi connectivity index (χ2n) is 13.3. The van der Waals surface area contributed by atoms with Crippen LogP contribution in [0, 0.1) is 11.3 Å². The second kappa shape index (κ2) is 10.9. The molecule has 0 spiro atoms. The van der Waals surface area contributed by atoms with Crippen LogP contribution in [0.5, 0.6) is 0 Å². The van der Waals surface area contributed by atoms with Gasteiger partial charge in [0, 0.05) is 21.5 Å². The van der Waals surface area contributed by atoms with Crippen LogP contribution in [0.2, 0.25) is 0 Å². The van der Waals surface area contributed by atoms with Gasteiger partial charge in [0.1, 0.15) is 23.2 Å². The van der Waals surface area contributed by atoms with E-state index < -0.39 is 0 Å². The number of hydrogen-bond acceptors (Lipinski definition) is 5. The lowest BCUT2D eigenvalue weighted by molar-refractivity contribution is 0.626. The van der Waals surface area contributed by atoms with Crippen LogP contribution in [-0.2, 0) is 0 Å². The third-order valence-electron chi connectivity index (χ3n) is 9.63. The van der Waals surface area contributed by atoms with Crippen molar-refractivity contribution >= 4 is 55.0 Å². The number of nitriles is 1. The van der Waals surface area contributed by atoms with Gasteiger partial charge in [-0.05, 0) is 88.7 Å². The molecule has 0 N–H and O–H groups in total. The van der Waals surface area contributed by atoms with Gasteiger partial charge in [-0.2, -0.15) is 5.26 Å². The van der Waals surface area contributed by atoms with Crippen molar-refractivity contribution in [3.05, 3.63) is 126 Å². The average molecular weight is 637 g/mol. The zero-order valence-electron chi connectivity index (χ0n) is 27.7. The van der Waals surface area contributed by atoms with Crippen LogP contribution in [0.1, 0.15) is 56.4 Å². The van der Waals surface area contributed by atoms with Crippen LogP contribution in [0.25, 0.3) is 83.2 Å². The molecule has 236 valence electrons. The van der Waals surface area contributed by atoms with E-state index in [-0.39, 0.29) is 11.8 Å². The zero-order valence-corrected chi connectivity index (χ0v) is 27.7. The molecule has 0 aliphatic heterocycles. The van der Waals surface area contributed by atoms with Crippen molar-refractivity contribution < 1.29 is 8.83 Å². The average Bonchev–Trinajstić information content (AvgIpc) is 3.82. The molecule has 4 aromatic heterocycles. The molecule has 9 rings (SSSR count). The molecular weight excluding hydrogens is 604 g/mol. The van der Waals surface area contributed by atoms with Crippen molar-refractivity contribution in [2.45, 2.75) is 39.5 Å². The van der Waals surface area contributed by atoms with Crippen molar-refractivity contribution in [2.24, 2.45) is 0 Å². The number of imidazole rings is 1. The Morgan fingerprint density at radius 3 is 2.00 bits per heavy atom. The van der Waals surface area contributed by atoms with Crippen molar-refractivity contribution in [1.29, 1.82) is 5.26 Å². The highest BCUT2D eigenvalue weighted by molar-refractivity contribution is 6.19. The van der Waals surface area contributed by atoms with E-state index in [1.165, 1.54) is 27.9 Å². The number of nitrogens with zero attached hydrogens (tertiary/aromatic N) is 4. The molecule has 0 aliphatic rings. The highest BCUT2D eigenvalue weighted by Gasteiger charge is 2.26. The SMILES string of the molecule is CC(C)c1cc(-c2ccccc2)cc(C(C)C)c1-n1c(-c2cccc3c2oc2c3ccc3c4ccc(C#N)nc4oc32)nc2ccccc21. The van der Waals surface area contributed by atoms with Gasteiger partial charge in [-0.15, -0.1) is 0 Å². The Morgan fingerprint density at radius 2 is 1.27 bits per heavy atom. The van der Waals surface area contributed by atoms with Crippen LogP contribution in [-0.4, -0.2) is 14.5 Å². The summed E-state index contributed by atoms with van der Waals surface area (Å²) in [5.41, 5.74) is 11.7. The Balaban J connectivity index is 1.35. The lowest BCUT2D eigenvalue weighted by Crippen LogP contribution is -2.09. The molecular formula is C43H32N4O2. The summed E-state index contributed by atoms with van der Waals surface area (Å²) in [4.78, 5) is 9.73. The molecule has 0 atom stereocenters. The Kier molecular flexibility index (Phi) is 6.47. The van der Waals surface area contributed by atoms with E-state index in [0.717, 1.165) is 49.5 Å². The standard InChI is InChI=1S/C43H32N4O2/c1-24(2)34-21-27(26-11-6-5-7-12-26)22-35(25(3)4)38(34)47-37-16-9-8-15-36(37)46-42(47)33-14-10-13-29-30-19-20-31-32-18-17-28(23-44)45-43(32)49-41(31)40(30)48-39(29)33/h5-22,24-25H,1-4H3. The van der Waals surface area contributed by atoms with E-state index in [4.69, 9.17) is 13.8 Å². The largest absolute Gasteiger partial charge is 0.451 e. The van der Waals surface area contributed by atoms with Crippen molar-refractivity contribution in [3.8, 4) is 34.3 Å². The summed E-state index contributed by atoms with van der Waals surface area (Å²) in [6.07, 6.45) is 0. The molecule has 5 aromatic carbocycles. The minimum absolute atomic E-state index is 0.253. The van der Waals surface area contributed by atoms with Crippen LogP contribution >= 0.6 is 0 Å². The molecule has 0 radical (unpaired) electrons. The normalized spacial score (nSPS) is 12.0. The molecule has 4 heterocycles. The first-order valence-electron chi connectivity index (χ1n) is 16.7. The number of rotatable bonds is 5. The molecule has 9 aromatic rings. The monoisotopic (exact) mass is 636 g/mol. The number of para-hydroxylation sites is 3. The third-order valence-corrected chi connectivity index (χ3v) is 9.63.